The Morgan fingerprint density at radius 2 is 2.05 bits per heavy atom. The number of aromatic nitrogens is 2. The Morgan fingerprint density at radius 1 is 1.30 bits per heavy atom. The van der Waals surface area contributed by atoms with E-state index in [9.17, 15) is 4.79 Å². The third-order valence-corrected chi connectivity index (χ3v) is 3.16. The number of methoxy groups -OCH3 is 2. The van der Waals surface area contributed by atoms with E-state index in [0.717, 1.165) is 11.8 Å². The van der Waals surface area contributed by atoms with Crippen LogP contribution in [0.25, 0.3) is 11.5 Å². The molecule has 8 heteroatoms. The molecule has 1 aromatic carbocycles. The van der Waals surface area contributed by atoms with E-state index in [1.165, 1.54) is 7.11 Å². The summed E-state index contributed by atoms with van der Waals surface area (Å²) in [5.41, 5.74) is 0.664. The largest absolute Gasteiger partial charge is 0.493 e. The van der Waals surface area contributed by atoms with Gasteiger partial charge in [-0.3, -0.25) is 4.79 Å². The van der Waals surface area contributed by atoms with Crippen LogP contribution in [-0.2, 0) is 4.79 Å². The number of aliphatic carboxylic acids is 1. The maximum Gasteiger partial charge on any atom is 0.314 e. The number of carboxylic acid groups (broad SMARTS) is 1. The smallest absolute Gasteiger partial charge is 0.314 e. The number of rotatable bonds is 6. The molecule has 0 spiro atoms. The van der Waals surface area contributed by atoms with Crippen LogP contribution in [0.15, 0.2) is 27.8 Å². The average molecular weight is 296 g/mol. The molecular formula is C12H12N2O5S. The van der Waals surface area contributed by atoms with Gasteiger partial charge in [-0.05, 0) is 18.2 Å². The van der Waals surface area contributed by atoms with Crippen molar-refractivity contribution in [1.29, 1.82) is 0 Å². The normalized spacial score (nSPS) is 10.3. The van der Waals surface area contributed by atoms with E-state index in [0.29, 0.717) is 23.0 Å². The van der Waals surface area contributed by atoms with E-state index in [-0.39, 0.29) is 11.0 Å². The van der Waals surface area contributed by atoms with Gasteiger partial charge in [0, 0.05) is 5.56 Å². The second-order valence-electron chi connectivity index (χ2n) is 3.63. The Labute approximate surface area is 118 Å². The van der Waals surface area contributed by atoms with Crippen LogP contribution in [0, 0.1) is 0 Å². The highest BCUT2D eigenvalue weighted by molar-refractivity contribution is 7.99. The fourth-order valence-corrected chi connectivity index (χ4v) is 1.96. The van der Waals surface area contributed by atoms with E-state index < -0.39 is 5.97 Å². The van der Waals surface area contributed by atoms with Gasteiger partial charge >= 0.3 is 5.97 Å². The highest BCUT2D eigenvalue weighted by atomic mass is 32.2. The summed E-state index contributed by atoms with van der Waals surface area (Å²) in [6, 6.07) is 5.18. The van der Waals surface area contributed by atoms with Gasteiger partial charge in [-0.15, -0.1) is 10.2 Å². The van der Waals surface area contributed by atoms with Crippen LogP contribution >= 0.6 is 11.8 Å². The Bertz CT molecular complexity index is 614. The van der Waals surface area contributed by atoms with Gasteiger partial charge in [0.25, 0.3) is 5.22 Å². The predicted octanol–water partition coefficient (Wildman–Crippen LogP) is 1.93. The Balaban J connectivity index is 2.21. The van der Waals surface area contributed by atoms with Crippen LogP contribution in [0.3, 0.4) is 0 Å². The zero-order valence-electron chi connectivity index (χ0n) is 10.8. The molecular weight excluding hydrogens is 284 g/mol. The number of nitrogens with zero attached hydrogens (tertiary/aromatic N) is 2. The molecule has 0 bridgehead atoms. The summed E-state index contributed by atoms with van der Waals surface area (Å²) in [4.78, 5) is 10.5. The molecule has 0 aliphatic heterocycles. The maximum atomic E-state index is 10.5. The predicted molar refractivity (Wildman–Crippen MR) is 71.2 cm³/mol. The number of carbonyl (C=O) groups is 1. The molecule has 106 valence electrons. The Kier molecular flexibility index (Phi) is 4.46. The van der Waals surface area contributed by atoms with Gasteiger partial charge in [-0.2, -0.15) is 0 Å². The molecule has 1 heterocycles. The van der Waals surface area contributed by atoms with Gasteiger partial charge in [-0.1, -0.05) is 11.8 Å². The van der Waals surface area contributed by atoms with Crippen molar-refractivity contribution < 1.29 is 23.8 Å². The monoisotopic (exact) mass is 296 g/mol. The molecule has 0 saturated carbocycles. The minimum atomic E-state index is -0.944. The summed E-state index contributed by atoms with van der Waals surface area (Å²) >= 11 is 0.966. The second kappa shape index (κ2) is 6.29. The minimum Gasteiger partial charge on any atom is -0.493 e. The molecule has 20 heavy (non-hydrogen) atoms. The number of benzene rings is 1. The van der Waals surface area contributed by atoms with Crippen molar-refractivity contribution in [2.75, 3.05) is 20.0 Å². The summed E-state index contributed by atoms with van der Waals surface area (Å²) < 4.78 is 15.7. The Morgan fingerprint density at radius 3 is 2.70 bits per heavy atom. The van der Waals surface area contributed by atoms with Gasteiger partial charge in [0.2, 0.25) is 5.89 Å². The van der Waals surface area contributed by atoms with Crippen molar-refractivity contribution >= 4 is 17.7 Å². The van der Waals surface area contributed by atoms with Crippen molar-refractivity contribution in [3.8, 4) is 23.0 Å². The first-order chi connectivity index (χ1) is 9.63. The summed E-state index contributed by atoms with van der Waals surface area (Å²) in [6.45, 7) is 0. The summed E-state index contributed by atoms with van der Waals surface area (Å²) in [5, 5.41) is 16.4. The zero-order valence-corrected chi connectivity index (χ0v) is 11.6. The summed E-state index contributed by atoms with van der Waals surface area (Å²) in [6.07, 6.45) is 0. The van der Waals surface area contributed by atoms with Crippen LogP contribution in [0.5, 0.6) is 11.5 Å². The van der Waals surface area contributed by atoms with E-state index >= 15 is 0 Å². The lowest BCUT2D eigenvalue weighted by molar-refractivity contribution is -0.133. The lowest BCUT2D eigenvalue weighted by Gasteiger charge is -2.07. The molecule has 7 nitrogen and oxygen atoms in total. The van der Waals surface area contributed by atoms with E-state index in [1.54, 1.807) is 25.3 Å². The molecule has 2 rings (SSSR count). The molecule has 0 aliphatic rings. The molecule has 0 atom stereocenters. The number of hydrogen-bond acceptors (Lipinski definition) is 7. The number of carboxylic acids is 1. The highest BCUT2D eigenvalue weighted by Gasteiger charge is 2.13. The molecule has 0 radical (unpaired) electrons. The standard InChI is InChI=1S/C12H12N2O5S/c1-17-8-4-3-7(5-9(8)18-2)11-13-14-12(19-11)20-6-10(15)16/h3-5H,6H2,1-2H3,(H,15,16). The van der Waals surface area contributed by atoms with Gasteiger partial charge < -0.3 is 19.0 Å². The number of thioether (sulfide) groups is 1. The van der Waals surface area contributed by atoms with Crippen molar-refractivity contribution in [3.05, 3.63) is 18.2 Å². The minimum absolute atomic E-state index is 0.131. The first-order valence-electron chi connectivity index (χ1n) is 5.54. The van der Waals surface area contributed by atoms with Gasteiger partial charge in [0.15, 0.2) is 11.5 Å². The van der Waals surface area contributed by atoms with E-state index in [2.05, 4.69) is 10.2 Å². The average Bonchev–Trinajstić information content (AvgIpc) is 2.93. The molecule has 1 N–H and O–H groups in total. The third kappa shape index (κ3) is 3.21. The number of hydrogen-bond donors (Lipinski definition) is 1. The lowest BCUT2D eigenvalue weighted by Crippen LogP contribution is -1.97. The van der Waals surface area contributed by atoms with Crippen molar-refractivity contribution in [1.82, 2.24) is 10.2 Å². The van der Waals surface area contributed by atoms with Crippen LogP contribution < -0.4 is 9.47 Å². The molecule has 2 aromatic rings. The van der Waals surface area contributed by atoms with Gasteiger partial charge in [-0.25, -0.2) is 0 Å². The number of ether oxygens (including phenoxy) is 2. The summed E-state index contributed by atoms with van der Waals surface area (Å²) in [7, 11) is 3.08. The fourth-order valence-electron chi connectivity index (χ4n) is 1.48. The molecule has 0 unspecified atom stereocenters. The molecule has 0 fully saturated rings. The lowest BCUT2D eigenvalue weighted by atomic mass is 10.2. The Hall–Kier alpha value is -2.22. The first-order valence-corrected chi connectivity index (χ1v) is 6.53. The van der Waals surface area contributed by atoms with Crippen molar-refractivity contribution in [2.24, 2.45) is 0 Å². The van der Waals surface area contributed by atoms with Crippen molar-refractivity contribution in [3.63, 3.8) is 0 Å². The molecule has 0 saturated heterocycles. The van der Waals surface area contributed by atoms with Crippen molar-refractivity contribution in [2.45, 2.75) is 5.22 Å². The molecule has 1 aromatic heterocycles. The second-order valence-corrected chi connectivity index (χ2v) is 4.55. The summed E-state index contributed by atoms with van der Waals surface area (Å²) in [5.74, 6) is 0.354. The van der Waals surface area contributed by atoms with Gasteiger partial charge in [0.05, 0.1) is 14.2 Å². The highest BCUT2D eigenvalue weighted by Crippen LogP contribution is 2.32. The SMILES string of the molecule is COc1ccc(-c2nnc(SCC(=O)O)o2)cc1OC. The van der Waals surface area contributed by atoms with Crippen LogP contribution in [0.1, 0.15) is 0 Å². The van der Waals surface area contributed by atoms with Gasteiger partial charge in [0.1, 0.15) is 5.75 Å². The van der Waals surface area contributed by atoms with E-state index in [4.69, 9.17) is 19.0 Å². The topological polar surface area (TPSA) is 94.7 Å². The fraction of sp³-hybridized carbons (Fsp3) is 0.250. The third-order valence-electron chi connectivity index (χ3n) is 2.36. The first kappa shape index (κ1) is 14.2. The maximum absolute atomic E-state index is 10.5. The van der Waals surface area contributed by atoms with Crippen LogP contribution in [-0.4, -0.2) is 41.2 Å². The molecule has 0 amide bonds. The quantitative estimate of drug-likeness (QED) is 0.808. The van der Waals surface area contributed by atoms with E-state index in [1.807, 2.05) is 0 Å². The zero-order chi connectivity index (χ0) is 14.5. The van der Waals surface area contributed by atoms with Crippen LogP contribution in [0.2, 0.25) is 0 Å². The van der Waals surface area contributed by atoms with Crippen LogP contribution in [0.4, 0.5) is 0 Å². The molecule has 0 aliphatic carbocycles.